The van der Waals surface area contributed by atoms with E-state index in [1.807, 2.05) is 30.5 Å². The monoisotopic (exact) mass is 307 g/mol. The van der Waals surface area contributed by atoms with Crippen molar-refractivity contribution in [2.24, 2.45) is 0 Å². The van der Waals surface area contributed by atoms with Crippen LogP contribution in [-0.2, 0) is 0 Å². The fourth-order valence-electron chi connectivity index (χ4n) is 1.73. The molecule has 0 aliphatic rings. The van der Waals surface area contributed by atoms with Gasteiger partial charge in [-0.1, -0.05) is 0 Å². The number of nitrogens with one attached hydrogen (secondary N) is 1. The van der Waals surface area contributed by atoms with Crippen molar-refractivity contribution >= 4 is 17.4 Å². The summed E-state index contributed by atoms with van der Waals surface area (Å²) >= 11 is 1.68. The van der Waals surface area contributed by atoms with E-state index in [1.165, 1.54) is 29.2 Å². The van der Waals surface area contributed by atoms with E-state index < -0.39 is 6.10 Å². The highest BCUT2D eigenvalue weighted by atomic mass is 32.2. The van der Waals surface area contributed by atoms with Gasteiger partial charge in [-0.15, -0.1) is 11.8 Å². The summed E-state index contributed by atoms with van der Waals surface area (Å²) in [5, 5.41) is 13.0. The van der Waals surface area contributed by atoms with Crippen LogP contribution in [0.2, 0.25) is 0 Å². The van der Waals surface area contributed by atoms with Gasteiger partial charge in [-0.2, -0.15) is 0 Å². The molecule has 0 saturated heterocycles. The van der Waals surface area contributed by atoms with E-state index in [0.717, 1.165) is 5.69 Å². The molecule has 112 valence electrons. The first kappa shape index (κ1) is 15.7. The van der Waals surface area contributed by atoms with Crippen molar-refractivity contribution in [1.82, 2.24) is 0 Å². The second-order valence-electron chi connectivity index (χ2n) is 4.53. The van der Waals surface area contributed by atoms with E-state index in [1.54, 1.807) is 11.8 Å². The zero-order chi connectivity index (χ0) is 15.1. The maximum absolute atomic E-state index is 12.7. The summed E-state index contributed by atoms with van der Waals surface area (Å²) in [7, 11) is 0. The number of aliphatic hydroxyl groups excluding tert-OH is 1. The molecule has 0 spiro atoms. The number of ether oxygens (including phenoxy) is 1. The summed E-state index contributed by atoms with van der Waals surface area (Å²) in [5.41, 5.74) is 0.952. The van der Waals surface area contributed by atoms with Crippen molar-refractivity contribution in [3.8, 4) is 5.75 Å². The van der Waals surface area contributed by atoms with Gasteiger partial charge in [0, 0.05) is 17.1 Å². The lowest BCUT2D eigenvalue weighted by Crippen LogP contribution is -2.26. The normalized spacial score (nSPS) is 12.0. The molecule has 0 bridgehead atoms. The third-order valence-electron chi connectivity index (χ3n) is 2.89. The van der Waals surface area contributed by atoms with Crippen LogP contribution >= 0.6 is 11.8 Å². The number of halogens is 1. The molecular formula is C16H18FNO2S. The number of rotatable bonds is 7. The Morgan fingerprint density at radius 1 is 1.14 bits per heavy atom. The molecule has 1 atom stereocenters. The highest BCUT2D eigenvalue weighted by Gasteiger charge is 2.05. The number of benzene rings is 2. The van der Waals surface area contributed by atoms with Crippen LogP contribution in [0.3, 0.4) is 0 Å². The van der Waals surface area contributed by atoms with Crippen molar-refractivity contribution < 1.29 is 14.2 Å². The first-order valence-corrected chi connectivity index (χ1v) is 7.84. The van der Waals surface area contributed by atoms with Crippen LogP contribution in [0.5, 0.6) is 5.75 Å². The minimum atomic E-state index is -0.643. The summed E-state index contributed by atoms with van der Waals surface area (Å²) in [5.74, 6) is 0.234. The van der Waals surface area contributed by atoms with Crippen LogP contribution in [0.15, 0.2) is 53.4 Å². The van der Waals surface area contributed by atoms with Gasteiger partial charge < -0.3 is 15.2 Å². The molecule has 0 heterocycles. The molecule has 3 nitrogen and oxygen atoms in total. The summed E-state index contributed by atoms with van der Waals surface area (Å²) in [6.45, 7) is 0.543. The lowest BCUT2D eigenvalue weighted by atomic mass is 10.3. The largest absolute Gasteiger partial charge is 0.491 e. The van der Waals surface area contributed by atoms with Gasteiger partial charge in [-0.25, -0.2) is 4.39 Å². The fraction of sp³-hybridized carbons (Fsp3) is 0.250. The van der Waals surface area contributed by atoms with E-state index in [9.17, 15) is 9.50 Å². The Balaban J connectivity index is 1.73. The number of aliphatic hydroxyl groups is 1. The predicted molar refractivity (Wildman–Crippen MR) is 84.6 cm³/mol. The molecule has 5 heteroatoms. The zero-order valence-corrected chi connectivity index (χ0v) is 12.6. The Bertz CT molecular complexity index is 545. The van der Waals surface area contributed by atoms with Crippen LogP contribution in [0.1, 0.15) is 0 Å². The zero-order valence-electron chi connectivity index (χ0n) is 11.8. The van der Waals surface area contributed by atoms with Gasteiger partial charge in [0.05, 0.1) is 0 Å². The molecule has 0 aliphatic carbocycles. The van der Waals surface area contributed by atoms with Crippen LogP contribution in [0.25, 0.3) is 0 Å². The first-order chi connectivity index (χ1) is 10.2. The van der Waals surface area contributed by atoms with E-state index in [2.05, 4.69) is 5.32 Å². The summed E-state index contributed by atoms with van der Waals surface area (Å²) in [6, 6.07) is 13.7. The number of hydrogen-bond acceptors (Lipinski definition) is 4. The van der Waals surface area contributed by atoms with Gasteiger partial charge in [0.1, 0.15) is 24.3 Å². The average molecular weight is 307 g/mol. The molecule has 2 N–H and O–H groups in total. The summed E-state index contributed by atoms with van der Waals surface area (Å²) in [6.07, 6.45) is 1.38. The SMILES string of the molecule is CSc1ccc(NCC(O)COc2ccc(F)cc2)cc1. The second kappa shape index (κ2) is 7.90. The molecule has 0 aromatic heterocycles. The average Bonchev–Trinajstić information content (AvgIpc) is 2.53. The van der Waals surface area contributed by atoms with Gasteiger partial charge in [0.15, 0.2) is 0 Å². The minimum Gasteiger partial charge on any atom is -0.491 e. The lowest BCUT2D eigenvalue weighted by molar-refractivity contribution is 0.117. The number of thioether (sulfide) groups is 1. The maximum atomic E-state index is 12.7. The van der Waals surface area contributed by atoms with Crippen LogP contribution in [0, 0.1) is 5.82 Å². The summed E-state index contributed by atoms with van der Waals surface area (Å²) in [4.78, 5) is 1.20. The number of anilines is 1. The van der Waals surface area contributed by atoms with Gasteiger partial charge in [-0.05, 0) is 54.8 Å². The molecule has 0 fully saturated rings. The summed E-state index contributed by atoms with van der Waals surface area (Å²) < 4.78 is 18.1. The Kier molecular flexibility index (Phi) is 5.90. The molecule has 0 saturated carbocycles. The van der Waals surface area contributed by atoms with Crippen molar-refractivity contribution in [3.05, 3.63) is 54.3 Å². The topological polar surface area (TPSA) is 41.5 Å². The van der Waals surface area contributed by atoms with Crippen LogP contribution < -0.4 is 10.1 Å². The van der Waals surface area contributed by atoms with Gasteiger partial charge >= 0.3 is 0 Å². The Morgan fingerprint density at radius 3 is 2.43 bits per heavy atom. The lowest BCUT2D eigenvalue weighted by Gasteiger charge is -2.14. The predicted octanol–water partition coefficient (Wildman–Crippen LogP) is 3.40. The molecule has 2 aromatic rings. The Morgan fingerprint density at radius 2 is 1.81 bits per heavy atom. The third-order valence-corrected chi connectivity index (χ3v) is 3.63. The molecular weight excluding hydrogens is 289 g/mol. The van der Waals surface area contributed by atoms with Crippen molar-refractivity contribution in [2.75, 3.05) is 24.7 Å². The van der Waals surface area contributed by atoms with Crippen LogP contribution in [0.4, 0.5) is 10.1 Å². The second-order valence-corrected chi connectivity index (χ2v) is 5.41. The first-order valence-electron chi connectivity index (χ1n) is 6.62. The quantitative estimate of drug-likeness (QED) is 0.769. The highest BCUT2D eigenvalue weighted by molar-refractivity contribution is 7.98. The molecule has 0 aliphatic heterocycles. The molecule has 2 aromatic carbocycles. The Hall–Kier alpha value is -1.72. The maximum Gasteiger partial charge on any atom is 0.123 e. The molecule has 2 rings (SSSR count). The molecule has 21 heavy (non-hydrogen) atoms. The standard InChI is InChI=1S/C16H18FNO2S/c1-21-16-8-4-13(5-9-16)18-10-14(19)11-20-15-6-2-12(17)3-7-15/h2-9,14,18-19H,10-11H2,1H3. The molecule has 0 amide bonds. The smallest absolute Gasteiger partial charge is 0.123 e. The molecule has 1 unspecified atom stereocenters. The highest BCUT2D eigenvalue weighted by Crippen LogP contribution is 2.17. The van der Waals surface area contributed by atoms with E-state index >= 15 is 0 Å². The van der Waals surface area contributed by atoms with Crippen molar-refractivity contribution in [1.29, 1.82) is 0 Å². The van der Waals surface area contributed by atoms with Crippen molar-refractivity contribution in [2.45, 2.75) is 11.0 Å². The van der Waals surface area contributed by atoms with E-state index in [0.29, 0.717) is 12.3 Å². The number of hydrogen-bond donors (Lipinski definition) is 2. The van der Waals surface area contributed by atoms with Crippen LogP contribution in [-0.4, -0.2) is 30.6 Å². The van der Waals surface area contributed by atoms with Crippen molar-refractivity contribution in [3.63, 3.8) is 0 Å². The minimum absolute atomic E-state index is 0.154. The fourth-order valence-corrected chi connectivity index (χ4v) is 2.13. The third kappa shape index (κ3) is 5.28. The van der Waals surface area contributed by atoms with E-state index in [-0.39, 0.29) is 12.4 Å². The van der Waals surface area contributed by atoms with Gasteiger partial charge in [-0.3, -0.25) is 0 Å². The Labute approximate surface area is 128 Å². The van der Waals surface area contributed by atoms with Gasteiger partial charge in [0.25, 0.3) is 0 Å². The van der Waals surface area contributed by atoms with Gasteiger partial charge in [0.2, 0.25) is 0 Å². The van der Waals surface area contributed by atoms with E-state index in [4.69, 9.17) is 4.74 Å². The molecule has 0 radical (unpaired) electrons.